The minimum atomic E-state index is 0.164. The quantitative estimate of drug-likeness (QED) is 0.801. The van der Waals surface area contributed by atoms with Crippen molar-refractivity contribution in [1.29, 1.82) is 5.26 Å². The van der Waals surface area contributed by atoms with Gasteiger partial charge in [-0.2, -0.15) is 5.26 Å². The number of nitriles is 1. The largest absolute Gasteiger partial charge is 0.198 e. The number of rotatable bonds is 4. The van der Waals surface area contributed by atoms with Crippen LogP contribution in [0.1, 0.15) is 17.5 Å². The van der Waals surface area contributed by atoms with Gasteiger partial charge in [-0.25, -0.2) is 0 Å². The maximum absolute atomic E-state index is 9.25. The molecule has 0 radical (unpaired) electrons. The molecule has 2 aromatic rings. The lowest BCUT2D eigenvalue weighted by molar-refractivity contribution is 0.478. The first-order chi connectivity index (χ1) is 9.32. The van der Waals surface area contributed by atoms with Crippen molar-refractivity contribution in [3.8, 4) is 6.07 Å². The van der Waals surface area contributed by atoms with E-state index in [0.29, 0.717) is 0 Å². The highest BCUT2D eigenvalue weighted by Gasteiger charge is 2.53. The molecule has 3 rings (SSSR count). The van der Waals surface area contributed by atoms with Crippen LogP contribution in [0.2, 0.25) is 0 Å². The Morgan fingerprint density at radius 1 is 0.895 bits per heavy atom. The Kier molecular flexibility index (Phi) is 3.09. The van der Waals surface area contributed by atoms with Crippen LogP contribution in [0.5, 0.6) is 0 Å². The summed E-state index contributed by atoms with van der Waals surface area (Å²) in [6.07, 6.45) is 3.06. The van der Waals surface area contributed by atoms with Crippen molar-refractivity contribution in [1.82, 2.24) is 0 Å². The fourth-order valence-corrected chi connectivity index (χ4v) is 2.99. The van der Waals surface area contributed by atoms with Gasteiger partial charge in [-0.15, -0.1) is 0 Å². The fourth-order valence-electron chi connectivity index (χ4n) is 2.99. The molecule has 1 nitrogen and oxygen atoms in total. The number of nitrogens with zero attached hydrogens (tertiary/aromatic N) is 1. The maximum Gasteiger partial charge on any atom is 0.0662 e. The van der Waals surface area contributed by atoms with Crippen LogP contribution in [0.25, 0.3) is 0 Å². The van der Waals surface area contributed by atoms with Crippen molar-refractivity contribution in [2.45, 2.75) is 19.3 Å². The van der Waals surface area contributed by atoms with Crippen LogP contribution in [0, 0.1) is 22.7 Å². The van der Waals surface area contributed by atoms with E-state index in [9.17, 15) is 5.26 Å². The highest BCUT2D eigenvalue weighted by molar-refractivity contribution is 5.27. The van der Waals surface area contributed by atoms with Crippen LogP contribution < -0.4 is 0 Å². The Balaban J connectivity index is 1.80. The van der Waals surface area contributed by atoms with Gasteiger partial charge in [0.2, 0.25) is 0 Å². The summed E-state index contributed by atoms with van der Waals surface area (Å²) in [6, 6.07) is 23.5. The third-order valence-corrected chi connectivity index (χ3v) is 4.14. The summed E-state index contributed by atoms with van der Waals surface area (Å²) >= 11 is 0. The second-order valence-corrected chi connectivity index (χ2v) is 5.57. The Bertz CT molecular complexity index is 539. The maximum atomic E-state index is 9.25. The van der Waals surface area contributed by atoms with E-state index in [0.717, 1.165) is 19.3 Å². The molecule has 0 heterocycles. The Morgan fingerprint density at radius 3 is 1.74 bits per heavy atom. The van der Waals surface area contributed by atoms with Gasteiger partial charge < -0.3 is 0 Å². The molecule has 1 unspecified atom stereocenters. The zero-order valence-electron chi connectivity index (χ0n) is 10.9. The second kappa shape index (κ2) is 4.90. The van der Waals surface area contributed by atoms with Crippen LogP contribution >= 0.6 is 0 Å². The molecule has 0 bridgehead atoms. The Labute approximate surface area is 114 Å². The summed E-state index contributed by atoms with van der Waals surface area (Å²) < 4.78 is 0. The number of hydrogen-bond donors (Lipinski definition) is 0. The minimum absolute atomic E-state index is 0.164. The average molecular weight is 247 g/mol. The Hall–Kier alpha value is -2.07. The molecule has 1 heteroatoms. The smallest absolute Gasteiger partial charge is 0.0662 e. The van der Waals surface area contributed by atoms with Gasteiger partial charge in [-0.05, 0) is 35.8 Å². The predicted molar refractivity (Wildman–Crippen MR) is 76.4 cm³/mol. The summed E-state index contributed by atoms with van der Waals surface area (Å²) in [5.74, 6) is 0.216. The van der Waals surface area contributed by atoms with Crippen molar-refractivity contribution in [3.05, 3.63) is 71.8 Å². The topological polar surface area (TPSA) is 23.8 Å². The second-order valence-electron chi connectivity index (χ2n) is 5.57. The first-order valence-electron chi connectivity index (χ1n) is 6.80. The third-order valence-electron chi connectivity index (χ3n) is 4.14. The molecule has 1 aliphatic carbocycles. The summed E-state index contributed by atoms with van der Waals surface area (Å²) in [7, 11) is 0. The number of hydrogen-bond acceptors (Lipinski definition) is 1. The van der Waals surface area contributed by atoms with E-state index < -0.39 is 0 Å². The molecule has 0 aliphatic heterocycles. The molecule has 0 amide bonds. The molecular weight excluding hydrogens is 230 g/mol. The van der Waals surface area contributed by atoms with Crippen molar-refractivity contribution in [3.63, 3.8) is 0 Å². The normalized spacial score (nSPS) is 19.6. The molecule has 0 N–H and O–H groups in total. The van der Waals surface area contributed by atoms with Crippen molar-refractivity contribution in [2.24, 2.45) is 11.3 Å². The first kappa shape index (κ1) is 12.0. The van der Waals surface area contributed by atoms with Crippen LogP contribution in [-0.4, -0.2) is 0 Å². The average Bonchev–Trinajstić information content (AvgIpc) is 3.13. The van der Waals surface area contributed by atoms with Crippen molar-refractivity contribution >= 4 is 0 Å². The van der Waals surface area contributed by atoms with E-state index in [1.807, 2.05) is 12.1 Å². The van der Waals surface area contributed by atoms with E-state index in [-0.39, 0.29) is 11.3 Å². The summed E-state index contributed by atoms with van der Waals surface area (Å²) in [5.41, 5.74) is 2.85. The Morgan fingerprint density at radius 2 is 1.37 bits per heavy atom. The van der Waals surface area contributed by atoms with E-state index in [1.165, 1.54) is 11.1 Å². The molecule has 1 fully saturated rings. The molecular formula is C18H17N. The molecule has 94 valence electrons. The van der Waals surface area contributed by atoms with Crippen LogP contribution in [0.4, 0.5) is 0 Å². The molecule has 0 saturated heterocycles. The zero-order chi connectivity index (χ0) is 13.1. The highest BCUT2D eigenvalue weighted by atomic mass is 14.6. The molecule has 0 spiro atoms. The van der Waals surface area contributed by atoms with Gasteiger partial charge in [-0.3, -0.25) is 0 Å². The van der Waals surface area contributed by atoms with Gasteiger partial charge in [0, 0.05) is 0 Å². The lowest BCUT2D eigenvalue weighted by Gasteiger charge is -2.16. The molecule has 1 saturated carbocycles. The van der Waals surface area contributed by atoms with Crippen molar-refractivity contribution in [2.75, 3.05) is 0 Å². The lowest BCUT2D eigenvalue weighted by Crippen LogP contribution is -2.12. The molecule has 1 atom stereocenters. The van der Waals surface area contributed by atoms with Gasteiger partial charge in [0.1, 0.15) is 0 Å². The first-order valence-corrected chi connectivity index (χ1v) is 6.80. The monoisotopic (exact) mass is 247 g/mol. The summed E-state index contributed by atoms with van der Waals surface area (Å²) in [5, 5.41) is 9.25. The van der Waals surface area contributed by atoms with Gasteiger partial charge in [0.05, 0.1) is 12.0 Å². The van der Waals surface area contributed by atoms with E-state index >= 15 is 0 Å². The van der Waals surface area contributed by atoms with Crippen LogP contribution in [-0.2, 0) is 12.8 Å². The highest BCUT2D eigenvalue weighted by Crippen LogP contribution is 2.56. The predicted octanol–water partition coefficient (Wildman–Crippen LogP) is 4.00. The van der Waals surface area contributed by atoms with E-state index in [2.05, 4.69) is 54.6 Å². The fraction of sp³-hybridized carbons (Fsp3) is 0.278. The summed E-state index contributed by atoms with van der Waals surface area (Å²) in [6.45, 7) is 0. The minimum Gasteiger partial charge on any atom is -0.198 e. The lowest BCUT2D eigenvalue weighted by atomic mass is 9.87. The van der Waals surface area contributed by atoms with Gasteiger partial charge in [-0.1, -0.05) is 60.7 Å². The van der Waals surface area contributed by atoms with E-state index in [1.54, 1.807) is 0 Å². The van der Waals surface area contributed by atoms with Gasteiger partial charge in [0.15, 0.2) is 0 Å². The zero-order valence-corrected chi connectivity index (χ0v) is 10.9. The standard InChI is InChI=1S/C18H17N/c19-14-17-13-18(17,11-15-7-3-1-4-8-15)12-16-9-5-2-6-10-16/h1-10,17H,11-13H2. The van der Waals surface area contributed by atoms with E-state index in [4.69, 9.17) is 0 Å². The SMILES string of the molecule is N#CC1CC1(Cc1ccccc1)Cc1ccccc1. The molecule has 2 aromatic carbocycles. The molecule has 1 aliphatic rings. The third kappa shape index (κ3) is 2.53. The van der Waals surface area contributed by atoms with Crippen molar-refractivity contribution < 1.29 is 0 Å². The molecule has 0 aromatic heterocycles. The number of benzene rings is 2. The van der Waals surface area contributed by atoms with Crippen LogP contribution in [0.3, 0.4) is 0 Å². The van der Waals surface area contributed by atoms with Crippen LogP contribution in [0.15, 0.2) is 60.7 Å². The van der Waals surface area contributed by atoms with Gasteiger partial charge in [0.25, 0.3) is 0 Å². The summed E-state index contributed by atoms with van der Waals surface area (Å²) in [4.78, 5) is 0. The molecule has 19 heavy (non-hydrogen) atoms. The van der Waals surface area contributed by atoms with Gasteiger partial charge >= 0.3 is 0 Å².